The predicted molar refractivity (Wildman–Crippen MR) is 144 cm³/mol. The van der Waals surface area contributed by atoms with Crippen LogP contribution in [0.1, 0.15) is 33.9 Å². The molecule has 0 saturated carbocycles. The van der Waals surface area contributed by atoms with Gasteiger partial charge in [-0.2, -0.15) is 0 Å². The van der Waals surface area contributed by atoms with Crippen LogP contribution in [0.2, 0.25) is 0 Å². The number of carbonyl (C=O) groups is 2. The maximum Gasteiger partial charge on any atom is 0.326 e. The zero-order chi connectivity index (χ0) is 28.2. The van der Waals surface area contributed by atoms with Crippen LogP contribution in [0.4, 0.5) is 8.78 Å². The highest BCUT2D eigenvalue weighted by atomic mass is 19.1. The van der Waals surface area contributed by atoms with Gasteiger partial charge in [0.05, 0.1) is 0 Å². The molecular weight excluding hydrogens is 516 g/mol. The molecule has 1 amide bonds. The van der Waals surface area contributed by atoms with Gasteiger partial charge in [-0.15, -0.1) is 0 Å². The number of fused-ring (bicyclic) bond motifs is 1. The number of aliphatic carboxylic acids is 1. The highest BCUT2D eigenvalue weighted by Gasteiger charge is 2.40. The highest BCUT2D eigenvalue weighted by molar-refractivity contribution is 5.88. The second kappa shape index (κ2) is 11.6. The molecule has 0 aliphatic carbocycles. The summed E-state index contributed by atoms with van der Waals surface area (Å²) in [7, 11) is 0. The molecule has 0 unspecified atom stereocenters. The number of hydrogen-bond donors (Lipinski definition) is 1. The lowest BCUT2D eigenvalue weighted by Crippen LogP contribution is -2.51. The molecule has 2 atom stereocenters. The lowest BCUT2D eigenvalue weighted by atomic mass is 9.90. The fraction of sp³-hybridized carbons (Fsp3) is 0.188. The Labute approximate surface area is 230 Å². The summed E-state index contributed by atoms with van der Waals surface area (Å²) < 4.78 is 40.0. The van der Waals surface area contributed by atoms with Crippen LogP contribution in [0.5, 0.6) is 11.5 Å². The number of benzene rings is 4. The molecular formula is C32H27F2NO5. The minimum atomic E-state index is -1.36. The first kappa shape index (κ1) is 26.9. The van der Waals surface area contributed by atoms with Gasteiger partial charge in [-0.3, -0.25) is 4.79 Å². The summed E-state index contributed by atoms with van der Waals surface area (Å²) in [5.41, 5.74) is 3.71. The first-order valence-corrected chi connectivity index (χ1v) is 12.8. The molecule has 0 radical (unpaired) electrons. The number of aryl methyl sites for hydroxylation is 1. The van der Waals surface area contributed by atoms with Crippen LogP contribution >= 0.6 is 0 Å². The Bertz CT molecular complexity index is 1530. The molecule has 0 bridgehead atoms. The third-order valence-corrected chi connectivity index (χ3v) is 6.93. The molecule has 0 spiro atoms. The summed E-state index contributed by atoms with van der Waals surface area (Å²) >= 11 is 0. The number of ether oxygens (including phenoxy) is 2. The van der Waals surface area contributed by atoms with Crippen molar-refractivity contribution in [1.82, 2.24) is 4.90 Å². The van der Waals surface area contributed by atoms with Crippen LogP contribution in [-0.4, -0.2) is 27.9 Å². The van der Waals surface area contributed by atoms with Gasteiger partial charge in [0.25, 0.3) is 5.91 Å². The van der Waals surface area contributed by atoms with Crippen molar-refractivity contribution < 1.29 is 33.0 Å². The van der Waals surface area contributed by atoms with E-state index in [-0.39, 0.29) is 18.7 Å². The van der Waals surface area contributed by atoms with Crippen molar-refractivity contribution in [2.24, 2.45) is 0 Å². The molecule has 6 nitrogen and oxygen atoms in total. The molecule has 1 heterocycles. The number of amides is 1. The fourth-order valence-corrected chi connectivity index (χ4v) is 4.87. The van der Waals surface area contributed by atoms with Crippen LogP contribution in [0, 0.1) is 18.6 Å². The Morgan fingerprint density at radius 3 is 2.35 bits per heavy atom. The molecule has 0 saturated heterocycles. The number of nitrogens with zero attached hydrogens (tertiary/aromatic N) is 1. The number of carbonyl (C=O) groups excluding carboxylic acids is 1. The molecule has 5 rings (SSSR count). The van der Waals surface area contributed by atoms with Gasteiger partial charge in [0, 0.05) is 30.2 Å². The van der Waals surface area contributed by atoms with E-state index in [0.717, 1.165) is 34.4 Å². The molecule has 4 aromatic rings. The molecule has 1 aliphatic rings. The zero-order valence-corrected chi connectivity index (χ0v) is 21.7. The molecule has 40 heavy (non-hydrogen) atoms. The summed E-state index contributed by atoms with van der Waals surface area (Å²) in [6.07, 6.45) is -1.34. The average Bonchev–Trinajstić information content (AvgIpc) is 2.96. The van der Waals surface area contributed by atoms with Gasteiger partial charge in [-0.1, -0.05) is 72.8 Å². The highest BCUT2D eigenvalue weighted by Crippen LogP contribution is 2.36. The van der Waals surface area contributed by atoms with Crippen molar-refractivity contribution in [2.75, 3.05) is 0 Å². The second-order valence-corrected chi connectivity index (χ2v) is 9.63. The summed E-state index contributed by atoms with van der Waals surface area (Å²) in [6.45, 7) is 2.20. The number of carboxylic acids is 1. The quantitative estimate of drug-likeness (QED) is 0.295. The van der Waals surface area contributed by atoms with E-state index in [2.05, 4.69) is 0 Å². The maximum absolute atomic E-state index is 14.5. The predicted octanol–water partition coefficient (Wildman–Crippen LogP) is 6.01. The van der Waals surface area contributed by atoms with Crippen molar-refractivity contribution in [1.29, 1.82) is 0 Å². The van der Waals surface area contributed by atoms with E-state index < -0.39 is 35.7 Å². The Kier molecular flexibility index (Phi) is 7.77. The SMILES string of the molecule is Cc1ccc2c(c1OCc1ccccc1)C[C@@H](C(=O)O)N(C(=O)[C@H](Oc1ccc(F)cc1F)c1ccccc1)C2. The summed E-state index contributed by atoms with van der Waals surface area (Å²) in [4.78, 5) is 27.7. The van der Waals surface area contributed by atoms with E-state index >= 15 is 0 Å². The van der Waals surface area contributed by atoms with E-state index in [1.165, 1.54) is 4.90 Å². The van der Waals surface area contributed by atoms with E-state index in [4.69, 9.17) is 9.47 Å². The van der Waals surface area contributed by atoms with Gasteiger partial charge in [0.1, 0.15) is 24.2 Å². The third kappa shape index (κ3) is 5.66. The van der Waals surface area contributed by atoms with Crippen LogP contribution in [0.15, 0.2) is 91.0 Å². The molecule has 0 fully saturated rings. The Morgan fingerprint density at radius 2 is 1.68 bits per heavy atom. The Balaban J connectivity index is 1.48. The number of carboxylic acid groups (broad SMARTS) is 1. The van der Waals surface area contributed by atoms with Gasteiger partial charge in [0.2, 0.25) is 6.10 Å². The van der Waals surface area contributed by atoms with Crippen LogP contribution in [-0.2, 0) is 29.2 Å². The normalized spacial score (nSPS) is 15.2. The summed E-state index contributed by atoms with van der Waals surface area (Å²) in [6, 6.07) is 23.4. The van der Waals surface area contributed by atoms with E-state index in [0.29, 0.717) is 24.0 Å². The van der Waals surface area contributed by atoms with Gasteiger partial charge in [-0.05, 0) is 35.7 Å². The Morgan fingerprint density at radius 1 is 0.975 bits per heavy atom. The zero-order valence-electron chi connectivity index (χ0n) is 21.7. The molecule has 8 heteroatoms. The summed E-state index contributed by atoms with van der Waals surface area (Å²) in [5, 5.41) is 10.2. The standard InChI is InChI=1S/C32H27F2NO5/c1-20-12-13-23-18-35(27(32(37)38)17-25(23)29(20)39-19-21-8-4-2-5-9-21)31(36)30(22-10-6-3-7-11-22)40-28-15-14-24(33)16-26(28)34/h2-16,27,30H,17-19H2,1H3,(H,37,38)/t27-,30+/m0/s1. The topological polar surface area (TPSA) is 76.1 Å². The van der Waals surface area contributed by atoms with Crippen molar-refractivity contribution in [3.05, 3.63) is 130 Å². The fourth-order valence-electron chi connectivity index (χ4n) is 4.87. The average molecular weight is 544 g/mol. The van der Waals surface area contributed by atoms with Gasteiger partial charge in [0.15, 0.2) is 11.6 Å². The largest absolute Gasteiger partial charge is 0.488 e. The monoisotopic (exact) mass is 543 g/mol. The van der Waals surface area contributed by atoms with E-state index in [1.54, 1.807) is 30.3 Å². The Hall–Kier alpha value is -4.72. The number of rotatable bonds is 8. The van der Waals surface area contributed by atoms with E-state index in [1.807, 2.05) is 49.4 Å². The molecule has 1 aliphatic heterocycles. The van der Waals surface area contributed by atoms with Crippen molar-refractivity contribution >= 4 is 11.9 Å². The van der Waals surface area contributed by atoms with Gasteiger partial charge >= 0.3 is 5.97 Å². The minimum absolute atomic E-state index is 0.00823. The van der Waals surface area contributed by atoms with Crippen LogP contribution in [0.3, 0.4) is 0 Å². The number of hydrogen-bond acceptors (Lipinski definition) is 4. The minimum Gasteiger partial charge on any atom is -0.488 e. The lowest BCUT2D eigenvalue weighted by molar-refractivity contribution is -0.155. The molecule has 204 valence electrons. The first-order valence-electron chi connectivity index (χ1n) is 12.8. The van der Waals surface area contributed by atoms with Crippen molar-refractivity contribution in [3.63, 3.8) is 0 Å². The number of halogens is 2. The van der Waals surface area contributed by atoms with Gasteiger partial charge < -0.3 is 19.5 Å². The van der Waals surface area contributed by atoms with E-state index in [9.17, 15) is 23.5 Å². The van der Waals surface area contributed by atoms with Crippen LogP contribution in [0.25, 0.3) is 0 Å². The van der Waals surface area contributed by atoms with Crippen LogP contribution < -0.4 is 9.47 Å². The third-order valence-electron chi connectivity index (χ3n) is 6.93. The van der Waals surface area contributed by atoms with Crippen molar-refractivity contribution in [3.8, 4) is 11.5 Å². The molecule has 0 aromatic heterocycles. The molecule has 1 N–H and O–H groups in total. The summed E-state index contributed by atoms with van der Waals surface area (Å²) in [5.74, 6) is -3.31. The smallest absolute Gasteiger partial charge is 0.326 e. The van der Waals surface area contributed by atoms with Crippen molar-refractivity contribution in [2.45, 2.75) is 38.6 Å². The second-order valence-electron chi connectivity index (χ2n) is 9.63. The van der Waals surface area contributed by atoms with Gasteiger partial charge in [-0.25, -0.2) is 13.6 Å². The lowest BCUT2D eigenvalue weighted by Gasteiger charge is -2.37. The maximum atomic E-state index is 14.5. The molecule has 4 aromatic carbocycles. The first-order chi connectivity index (χ1) is 19.3.